The molecule has 0 aliphatic heterocycles. The fourth-order valence-corrected chi connectivity index (χ4v) is 5.00. The van der Waals surface area contributed by atoms with Crippen molar-refractivity contribution < 1.29 is 31.5 Å². The Kier molecular flexibility index (Phi) is 8.89. The average molecular weight is 524 g/mol. The predicted octanol–water partition coefficient (Wildman–Crippen LogP) is 3.22. The Labute approximate surface area is 210 Å². The molecular weight excluding hydrogens is 492 g/mol. The van der Waals surface area contributed by atoms with E-state index in [1.165, 1.54) is 12.0 Å². The van der Waals surface area contributed by atoms with Crippen LogP contribution in [0.1, 0.15) is 38.2 Å². The molecule has 3 rings (SSSR count). The van der Waals surface area contributed by atoms with E-state index >= 15 is 0 Å². The molecule has 0 bridgehead atoms. The molecule has 8 nitrogen and oxygen atoms in total. The van der Waals surface area contributed by atoms with Crippen LogP contribution in [-0.2, 0) is 26.2 Å². The minimum atomic E-state index is -4.04. The van der Waals surface area contributed by atoms with Gasteiger partial charge in [-0.25, -0.2) is 17.2 Å². The Morgan fingerprint density at radius 1 is 1.08 bits per heavy atom. The largest absolute Gasteiger partial charge is 0.497 e. The molecule has 1 N–H and O–H groups in total. The highest BCUT2D eigenvalue weighted by molar-refractivity contribution is 7.92. The van der Waals surface area contributed by atoms with Crippen LogP contribution in [0, 0.1) is 11.6 Å². The van der Waals surface area contributed by atoms with Gasteiger partial charge in [0.15, 0.2) is 11.6 Å². The number of methoxy groups -OCH3 is 1. The molecule has 11 heteroatoms. The first kappa shape index (κ1) is 27.4. The topological polar surface area (TPSA) is 96.0 Å². The Bertz CT molecular complexity index is 1180. The zero-order valence-electron chi connectivity index (χ0n) is 20.5. The molecule has 0 saturated heterocycles. The number of benzene rings is 2. The van der Waals surface area contributed by atoms with E-state index in [0.29, 0.717) is 21.7 Å². The molecule has 0 heterocycles. The van der Waals surface area contributed by atoms with Gasteiger partial charge in [0.05, 0.1) is 19.1 Å². The van der Waals surface area contributed by atoms with Crippen LogP contribution < -0.4 is 14.4 Å². The first-order valence-electron chi connectivity index (χ1n) is 11.6. The zero-order chi connectivity index (χ0) is 26.5. The molecule has 1 fully saturated rings. The normalized spacial score (nSPS) is 14.8. The number of hydrogen-bond acceptors (Lipinski definition) is 5. The van der Waals surface area contributed by atoms with Gasteiger partial charge in [0.1, 0.15) is 18.3 Å². The molecule has 2 aromatic rings. The van der Waals surface area contributed by atoms with Crippen molar-refractivity contribution in [3.63, 3.8) is 0 Å². The predicted molar refractivity (Wildman–Crippen MR) is 132 cm³/mol. The van der Waals surface area contributed by atoms with Gasteiger partial charge in [0.25, 0.3) is 0 Å². The fraction of sp³-hybridized carbons (Fsp3) is 0.440. The molecular formula is C25H31F2N3O5S. The van der Waals surface area contributed by atoms with Crippen LogP contribution in [0.4, 0.5) is 14.5 Å². The fourth-order valence-electron chi connectivity index (χ4n) is 4.16. The van der Waals surface area contributed by atoms with Crippen LogP contribution in [0.25, 0.3) is 0 Å². The summed E-state index contributed by atoms with van der Waals surface area (Å²) in [7, 11) is -2.52. The number of rotatable bonds is 10. The Morgan fingerprint density at radius 3 is 2.28 bits per heavy atom. The maximum absolute atomic E-state index is 13.8. The minimum absolute atomic E-state index is 0.0253. The number of amides is 2. The highest BCUT2D eigenvalue weighted by Crippen LogP contribution is 2.23. The monoisotopic (exact) mass is 523 g/mol. The molecule has 0 radical (unpaired) electrons. The SMILES string of the molecule is COc1ccc(CN(C(=O)CN(c2ccc(F)c(F)c2)S(C)(=O)=O)[C@H](C)C(=O)NC2CCCC2)cc1. The summed E-state index contributed by atoms with van der Waals surface area (Å²) in [5.74, 6) is -2.78. The maximum atomic E-state index is 13.8. The van der Waals surface area contributed by atoms with E-state index in [0.717, 1.165) is 44.1 Å². The number of anilines is 1. The second-order valence-corrected chi connectivity index (χ2v) is 10.8. The summed E-state index contributed by atoms with van der Waals surface area (Å²) in [6.45, 7) is 0.909. The van der Waals surface area contributed by atoms with Crippen molar-refractivity contribution in [3.05, 3.63) is 59.7 Å². The van der Waals surface area contributed by atoms with Gasteiger partial charge in [-0.1, -0.05) is 25.0 Å². The van der Waals surface area contributed by atoms with Crippen molar-refractivity contribution >= 4 is 27.5 Å². The van der Waals surface area contributed by atoms with Gasteiger partial charge in [0, 0.05) is 18.7 Å². The van der Waals surface area contributed by atoms with Crippen molar-refractivity contribution in [2.24, 2.45) is 0 Å². The number of carbonyl (C=O) groups is 2. The molecule has 1 aliphatic carbocycles. The zero-order valence-corrected chi connectivity index (χ0v) is 21.4. The van der Waals surface area contributed by atoms with Gasteiger partial charge in [0.2, 0.25) is 21.8 Å². The van der Waals surface area contributed by atoms with Crippen molar-refractivity contribution in [3.8, 4) is 5.75 Å². The van der Waals surface area contributed by atoms with Gasteiger partial charge < -0.3 is 15.0 Å². The lowest BCUT2D eigenvalue weighted by molar-refractivity contribution is -0.139. The average Bonchev–Trinajstić information content (AvgIpc) is 3.35. The van der Waals surface area contributed by atoms with Crippen LogP contribution in [-0.4, -0.2) is 57.1 Å². The summed E-state index contributed by atoms with van der Waals surface area (Å²) in [5.41, 5.74) is 0.501. The summed E-state index contributed by atoms with van der Waals surface area (Å²) in [5, 5.41) is 2.97. The molecule has 1 aliphatic rings. The maximum Gasteiger partial charge on any atom is 0.244 e. The number of nitrogens with one attached hydrogen (secondary N) is 1. The lowest BCUT2D eigenvalue weighted by Crippen LogP contribution is -2.52. The quantitative estimate of drug-likeness (QED) is 0.516. The second kappa shape index (κ2) is 11.7. The molecule has 196 valence electrons. The number of sulfonamides is 1. The van der Waals surface area contributed by atoms with Gasteiger partial charge in [-0.2, -0.15) is 0 Å². The summed E-state index contributed by atoms with van der Waals surface area (Å²) >= 11 is 0. The third-order valence-corrected chi connectivity index (χ3v) is 7.39. The molecule has 2 aromatic carbocycles. The van der Waals surface area contributed by atoms with E-state index in [1.54, 1.807) is 31.2 Å². The molecule has 2 amide bonds. The third-order valence-electron chi connectivity index (χ3n) is 6.25. The van der Waals surface area contributed by atoms with Crippen LogP contribution in [0.5, 0.6) is 5.75 Å². The van der Waals surface area contributed by atoms with E-state index in [1.807, 2.05) is 0 Å². The van der Waals surface area contributed by atoms with Crippen LogP contribution in [0.2, 0.25) is 0 Å². The molecule has 0 unspecified atom stereocenters. The first-order valence-corrected chi connectivity index (χ1v) is 13.5. The first-order chi connectivity index (χ1) is 17.0. The third kappa shape index (κ3) is 6.93. The van der Waals surface area contributed by atoms with E-state index in [-0.39, 0.29) is 24.2 Å². The lowest BCUT2D eigenvalue weighted by atomic mass is 10.1. The van der Waals surface area contributed by atoms with Gasteiger partial charge in [-0.3, -0.25) is 13.9 Å². The van der Waals surface area contributed by atoms with E-state index in [2.05, 4.69) is 5.32 Å². The van der Waals surface area contributed by atoms with Crippen molar-refractivity contribution in [1.82, 2.24) is 10.2 Å². The number of hydrogen-bond donors (Lipinski definition) is 1. The summed E-state index contributed by atoms with van der Waals surface area (Å²) < 4.78 is 58.1. The molecule has 0 spiro atoms. The highest BCUT2D eigenvalue weighted by Gasteiger charge is 2.31. The van der Waals surface area contributed by atoms with Gasteiger partial charge >= 0.3 is 0 Å². The Balaban J connectivity index is 1.88. The minimum Gasteiger partial charge on any atom is -0.497 e. The standard InChI is InChI=1S/C25H31F2N3O5S/c1-17(25(32)28-19-6-4-5-7-19)29(15-18-8-11-21(35-2)12-9-18)24(31)16-30(36(3,33)34)20-10-13-22(26)23(27)14-20/h8-14,17,19H,4-7,15-16H2,1-3H3,(H,28,32)/t17-/m1/s1. The molecule has 0 aromatic heterocycles. The summed E-state index contributed by atoms with van der Waals surface area (Å²) in [4.78, 5) is 27.8. The van der Waals surface area contributed by atoms with Gasteiger partial charge in [-0.05, 0) is 49.6 Å². The lowest BCUT2D eigenvalue weighted by Gasteiger charge is -2.32. The van der Waals surface area contributed by atoms with Crippen LogP contribution in [0.15, 0.2) is 42.5 Å². The molecule has 1 atom stereocenters. The second-order valence-electron chi connectivity index (χ2n) is 8.90. The highest BCUT2D eigenvalue weighted by atomic mass is 32.2. The van der Waals surface area contributed by atoms with Crippen molar-refractivity contribution in [2.45, 2.75) is 51.2 Å². The van der Waals surface area contributed by atoms with E-state index in [9.17, 15) is 26.8 Å². The number of carbonyl (C=O) groups excluding carboxylic acids is 2. The Morgan fingerprint density at radius 2 is 1.72 bits per heavy atom. The van der Waals surface area contributed by atoms with Crippen molar-refractivity contribution in [2.75, 3.05) is 24.2 Å². The summed E-state index contributed by atoms with van der Waals surface area (Å²) in [6.07, 6.45) is 4.63. The Hall–Kier alpha value is -3.21. The summed E-state index contributed by atoms with van der Waals surface area (Å²) in [6, 6.07) is 8.62. The van der Waals surface area contributed by atoms with E-state index in [4.69, 9.17) is 4.74 Å². The van der Waals surface area contributed by atoms with Gasteiger partial charge in [-0.15, -0.1) is 0 Å². The van der Waals surface area contributed by atoms with Crippen LogP contribution >= 0.6 is 0 Å². The van der Waals surface area contributed by atoms with Crippen molar-refractivity contribution in [1.29, 1.82) is 0 Å². The molecule has 36 heavy (non-hydrogen) atoms. The molecule has 1 saturated carbocycles. The number of nitrogens with zero attached hydrogens (tertiary/aromatic N) is 2. The smallest absolute Gasteiger partial charge is 0.244 e. The number of halogens is 2. The number of ether oxygens (including phenoxy) is 1. The van der Waals surface area contributed by atoms with E-state index < -0.39 is 40.2 Å². The van der Waals surface area contributed by atoms with Crippen LogP contribution in [0.3, 0.4) is 0 Å².